The zero-order valence-electron chi connectivity index (χ0n) is 17.7. The van der Waals surface area contributed by atoms with Gasteiger partial charge in [-0.1, -0.05) is 32.0 Å². The summed E-state index contributed by atoms with van der Waals surface area (Å²) in [6.45, 7) is 8.25. The highest BCUT2D eigenvalue weighted by molar-refractivity contribution is 7.89. The van der Waals surface area contributed by atoms with Crippen LogP contribution in [0, 0.1) is 0 Å². The molecule has 2 aromatic rings. The Bertz CT molecular complexity index is 902. The highest BCUT2D eigenvalue weighted by Crippen LogP contribution is 2.24. The third-order valence-corrected chi connectivity index (χ3v) is 8.51. The number of hydrogen-bond donors (Lipinski definition) is 1. The third kappa shape index (κ3) is 5.36. The van der Waals surface area contributed by atoms with Crippen molar-refractivity contribution in [1.82, 2.24) is 14.5 Å². The first-order valence-corrected chi connectivity index (χ1v) is 12.9. The number of thiophene rings is 1. The molecule has 1 aromatic carbocycles. The van der Waals surface area contributed by atoms with Crippen LogP contribution in [0.2, 0.25) is 0 Å². The van der Waals surface area contributed by atoms with Crippen molar-refractivity contribution in [1.29, 1.82) is 0 Å². The normalized spacial score (nSPS) is 16.2. The fourth-order valence-electron chi connectivity index (χ4n) is 3.87. The van der Waals surface area contributed by atoms with E-state index in [0.717, 1.165) is 25.9 Å². The maximum absolute atomic E-state index is 12.6. The molecule has 1 saturated heterocycles. The molecule has 1 aliphatic rings. The SMILES string of the molecule is CCN(CC)C(CNCC(=O)c1ccc(S(=O)(=O)N2CCCC2)cc1)c1cccs1. The quantitative estimate of drug-likeness (QED) is 0.533. The lowest BCUT2D eigenvalue weighted by Crippen LogP contribution is -2.37. The Labute approximate surface area is 183 Å². The Morgan fingerprint density at radius 3 is 2.37 bits per heavy atom. The van der Waals surface area contributed by atoms with Crippen molar-refractivity contribution in [2.45, 2.75) is 37.6 Å². The van der Waals surface area contributed by atoms with Gasteiger partial charge in [0.1, 0.15) is 0 Å². The van der Waals surface area contributed by atoms with Crippen molar-refractivity contribution >= 4 is 27.1 Å². The summed E-state index contributed by atoms with van der Waals surface area (Å²) >= 11 is 1.73. The van der Waals surface area contributed by atoms with Gasteiger partial charge in [-0.2, -0.15) is 4.31 Å². The van der Waals surface area contributed by atoms with E-state index in [-0.39, 0.29) is 23.3 Å². The molecular weight excluding hydrogens is 418 g/mol. The average molecular weight is 450 g/mol. The van der Waals surface area contributed by atoms with E-state index >= 15 is 0 Å². The Kier molecular flexibility index (Phi) is 8.19. The van der Waals surface area contributed by atoms with Crippen LogP contribution in [0.4, 0.5) is 0 Å². The second-order valence-corrected chi connectivity index (χ2v) is 10.4. The monoisotopic (exact) mass is 449 g/mol. The van der Waals surface area contributed by atoms with E-state index in [0.29, 0.717) is 25.2 Å². The second-order valence-electron chi connectivity index (χ2n) is 7.44. The summed E-state index contributed by atoms with van der Waals surface area (Å²) in [6.07, 6.45) is 1.81. The van der Waals surface area contributed by atoms with Gasteiger partial charge >= 0.3 is 0 Å². The zero-order valence-corrected chi connectivity index (χ0v) is 19.3. The van der Waals surface area contributed by atoms with Crippen LogP contribution in [-0.2, 0) is 10.0 Å². The Morgan fingerprint density at radius 1 is 1.13 bits per heavy atom. The molecule has 164 valence electrons. The minimum absolute atomic E-state index is 0.0374. The fourth-order valence-corrected chi connectivity index (χ4v) is 6.25. The van der Waals surface area contributed by atoms with Crippen molar-refractivity contribution in [3.63, 3.8) is 0 Å². The number of hydrogen-bond acceptors (Lipinski definition) is 6. The molecule has 1 aliphatic heterocycles. The minimum atomic E-state index is -3.45. The summed E-state index contributed by atoms with van der Waals surface area (Å²) in [5.41, 5.74) is 0.526. The van der Waals surface area contributed by atoms with Gasteiger partial charge in [0.05, 0.1) is 17.5 Å². The summed E-state index contributed by atoms with van der Waals surface area (Å²) < 4.78 is 26.8. The molecule has 1 unspecified atom stereocenters. The van der Waals surface area contributed by atoms with E-state index in [2.05, 4.69) is 41.6 Å². The van der Waals surface area contributed by atoms with Crippen LogP contribution in [0.3, 0.4) is 0 Å². The lowest BCUT2D eigenvalue weighted by atomic mass is 10.1. The first kappa shape index (κ1) is 23.1. The van der Waals surface area contributed by atoms with Crippen LogP contribution in [0.25, 0.3) is 0 Å². The van der Waals surface area contributed by atoms with Crippen LogP contribution in [-0.4, -0.2) is 62.7 Å². The van der Waals surface area contributed by atoms with E-state index in [9.17, 15) is 13.2 Å². The van der Waals surface area contributed by atoms with Gasteiger partial charge in [0.25, 0.3) is 0 Å². The van der Waals surface area contributed by atoms with Crippen LogP contribution in [0.1, 0.15) is 48.0 Å². The molecule has 1 N–H and O–H groups in total. The molecule has 0 bridgehead atoms. The van der Waals surface area contributed by atoms with Crippen molar-refractivity contribution < 1.29 is 13.2 Å². The molecule has 3 rings (SSSR count). The van der Waals surface area contributed by atoms with Crippen molar-refractivity contribution in [2.24, 2.45) is 0 Å². The molecule has 0 amide bonds. The molecular formula is C22H31N3O3S2. The Hall–Kier alpha value is -1.58. The first-order chi connectivity index (χ1) is 14.5. The van der Waals surface area contributed by atoms with Crippen LogP contribution in [0.5, 0.6) is 0 Å². The maximum Gasteiger partial charge on any atom is 0.243 e. The summed E-state index contributed by atoms with van der Waals surface area (Å²) in [4.78, 5) is 16.5. The molecule has 8 heteroatoms. The van der Waals surface area contributed by atoms with Gasteiger partial charge in [0.2, 0.25) is 10.0 Å². The van der Waals surface area contributed by atoms with Gasteiger partial charge in [-0.3, -0.25) is 9.69 Å². The number of rotatable bonds is 11. The van der Waals surface area contributed by atoms with Gasteiger partial charge in [-0.05, 0) is 49.5 Å². The van der Waals surface area contributed by atoms with Crippen LogP contribution >= 0.6 is 11.3 Å². The summed E-state index contributed by atoms with van der Waals surface area (Å²) in [5.74, 6) is -0.0374. The molecule has 30 heavy (non-hydrogen) atoms. The van der Waals surface area contributed by atoms with Crippen LogP contribution < -0.4 is 5.32 Å². The number of sulfonamides is 1. The van der Waals surface area contributed by atoms with Gasteiger partial charge in [0, 0.05) is 30.1 Å². The molecule has 1 fully saturated rings. The van der Waals surface area contributed by atoms with Gasteiger partial charge < -0.3 is 5.32 Å². The Balaban J connectivity index is 1.59. The lowest BCUT2D eigenvalue weighted by molar-refractivity contribution is 0.0987. The van der Waals surface area contributed by atoms with Crippen LogP contribution in [0.15, 0.2) is 46.7 Å². The molecule has 1 atom stereocenters. The first-order valence-electron chi connectivity index (χ1n) is 10.6. The van der Waals surface area contributed by atoms with Crippen molar-refractivity contribution in [3.05, 3.63) is 52.2 Å². The molecule has 1 aromatic heterocycles. The highest BCUT2D eigenvalue weighted by atomic mass is 32.2. The number of carbonyl (C=O) groups excluding carboxylic acids is 1. The number of likely N-dealkylation sites (N-methyl/N-ethyl adjacent to an activating group) is 1. The summed E-state index contributed by atoms with van der Waals surface area (Å²) in [7, 11) is -3.45. The second kappa shape index (κ2) is 10.6. The van der Waals surface area contributed by atoms with Gasteiger partial charge in [-0.25, -0.2) is 8.42 Å². The van der Waals surface area contributed by atoms with Gasteiger partial charge in [0.15, 0.2) is 5.78 Å². The van der Waals surface area contributed by atoms with E-state index < -0.39 is 10.0 Å². The number of nitrogens with zero attached hydrogens (tertiary/aromatic N) is 2. The molecule has 0 saturated carbocycles. The molecule has 0 aliphatic carbocycles. The maximum atomic E-state index is 12.6. The zero-order chi connectivity index (χ0) is 21.6. The van der Waals surface area contributed by atoms with Gasteiger partial charge in [-0.15, -0.1) is 11.3 Å². The predicted molar refractivity (Wildman–Crippen MR) is 122 cm³/mol. The molecule has 0 radical (unpaired) electrons. The number of benzene rings is 1. The largest absolute Gasteiger partial charge is 0.308 e. The predicted octanol–water partition coefficient (Wildman–Crippen LogP) is 3.39. The fraction of sp³-hybridized carbons (Fsp3) is 0.500. The number of carbonyl (C=O) groups is 1. The smallest absolute Gasteiger partial charge is 0.243 e. The Morgan fingerprint density at radius 2 is 1.80 bits per heavy atom. The average Bonchev–Trinajstić information content (AvgIpc) is 3.48. The van der Waals surface area contributed by atoms with Crippen molar-refractivity contribution in [2.75, 3.05) is 39.3 Å². The third-order valence-electron chi connectivity index (χ3n) is 5.63. The summed E-state index contributed by atoms with van der Waals surface area (Å²) in [5, 5.41) is 5.38. The number of ketones is 1. The number of nitrogens with one attached hydrogen (secondary N) is 1. The highest BCUT2D eigenvalue weighted by Gasteiger charge is 2.27. The number of Topliss-reactive ketones (excluding diaryl/α,β-unsaturated/α-hetero) is 1. The molecule has 6 nitrogen and oxygen atoms in total. The van der Waals surface area contributed by atoms with Crippen molar-refractivity contribution in [3.8, 4) is 0 Å². The molecule has 0 spiro atoms. The minimum Gasteiger partial charge on any atom is -0.308 e. The van der Waals surface area contributed by atoms with E-state index in [1.54, 1.807) is 35.6 Å². The topological polar surface area (TPSA) is 69.7 Å². The summed E-state index contributed by atoms with van der Waals surface area (Å²) in [6, 6.07) is 10.8. The van der Waals surface area contributed by atoms with E-state index in [4.69, 9.17) is 0 Å². The van der Waals surface area contributed by atoms with E-state index in [1.165, 1.54) is 9.18 Å². The van der Waals surface area contributed by atoms with E-state index in [1.807, 2.05) is 0 Å². The lowest BCUT2D eigenvalue weighted by Gasteiger charge is -2.29. The standard InChI is InChI=1S/C22H31N3O3S2/c1-3-24(4-2)20(22-8-7-15-29-22)16-23-17-21(26)18-9-11-19(12-10-18)30(27,28)25-13-5-6-14-25/h7-12,15,20,23H,3-6,13-14,16-17H2,1-2H3. The molecule has 2 heterocycles.